The number of benzene rings is 1. The molecule has 2 aliphatic heterocycles. The predicted octanol–water partition coefficient (Wildman–Crippen LogP) is 2.73. The van der Waals surface area contributed by atoms with Gasteiger partial charge in [-0.3, -0.25) is 0 Å². The fourth-order valence-corrected chi connectivity index (χ4v) is 3.24. The molecule has 3 nitrogen and oxygen atoms in total. The summed E-state index contributed by atoms with van der Waals surface area (Å²) in [7, 11) is 1.71. The fourth-order valence-electron chi connectivity index (χ4n) is 3.24. The van der Waals surface area contributed by atoms with Gasteiger partial charge in [-0.15, -0.1) is 0 Å². The van der Waals surface area contributed by atoms with Crippen LogP contribution in [0.5, 0.6) is 11.5 Å². The third-order valence-electron chi connectivity index (χ3n) is 4.22. The lowest BCUT2D eigenvalue weighted by molar-refractivity contribution is 0.141. The van der Waals surface area contributed by atoms with E-state index in [0.717, 1.165) is 24.5 Å². The highest BCUT2D eigenvalue weighted by Gasteiger charge is 2.24. The van der Waals surface area contributed by atoms with E-state index in [4.69, 9.17) is 9.47 Å². The van der Waals surface area contributed by atoms with Gasteiger partial charge in [0.2, 0.25) is 0 Å². The molecule has 0 amide bonds. The van der Waals surface area contributed by atoms with Crippen LogP contribution < -0.4 is 9.47 Å². The summed E-state index contributed by atoms with van der Waals surface area (Å²) in [6.07, 6.45) is 5.23. The molecule has 0 saturated carbocycles. The smallest absolute Gasteiger partial charge is 0.164 e. The van der Waals surface area contributed by atoms with E-state index in [0.29, 0.717) is 5.92 Å². The number of piperidine rings is 1. The van der Waals surface area contributed by atoms with Crippen LogP contribution in [-0.4, -0.2) is 38.3 Å². The topological polar surface area (TPSA) is 21.7 Å². The van der Waals surface area contributed by atoms with Crippen LogP contribution in [0.1, 0.15) is 24.8 Å². The molecule has 104 valence electrons. The van der Waals surface area contributed by atoms with Gasteiger partial charge in [-0.2, -0.15) is 0 Å². The summed E-state index contributed by atoms with van der Waals surface area (Å²) < 4.78 is 11.3. The molecule has 1 saturated heterocycles. The van der Waals surface area contributed by atoms with Crippen molar-refractivity contribution in [2.24, 2.45) is 5.92 Å². The van der Waals surface area contributed by atoms with E-state index >= 15 is 0 Å². The van der Waals surface area contributed by atoms with Crippen molar-refractivity contribution in [1.82, 2.24) is 4.90 Å². The van der Waals surface area contributed by atoms with E-state index in [-0.39, 0.29) is 0 Å². The Bertz CT molecular complexity index is 427. The molecule has 0 N–H and O–H groups in total. The molecule has 0 bridgehead atoms. The zero-order chi connectivity index (χ0) is 13.1. The average Bonchev–Trinajstić information content (AvgIpc) is 2.47. The number of nitrogens with zero attached hydrogens (tertiary/aromatic N) is 1. The van der Waals surface area contributed by atoms with E-state index < -0.39 is 0 Å². The molecular formula is C16H23NO2. The minimum atomic E-state index is 0.623. The lowest BCUT2D eigenvalue weighted by Crippen LogP contribution is -2.38. The van der Waals surface area contributed by atoms with Gasteiger partial charge >= 0.3 is 0 Å². The predicted molar refractivity (Wildman–Crippen MR) is 76.0 cm³/mol. The second kappa shape index (κ2) is 5.83. The van der Waals surface area contributed by atoms with Crippen LogP contribution in [0.15, 0.2) is 18.2 Å². The first-order valence-corrected chi connectivity index (χ1v) is 7.38. The highest BCUT2D eigenvalue weighted by Crippen LogP contribution is 2.36. The van der Waals surface area contributed by atoms with Crippen molar-refractivity contribution in [2.75, 3.05) is 33.4 Å². The van der Waals surface area contributed by atoms with Gasteiger partial charge in [0.25, 0.3) is 0 Å². The third kappa shape index (κ3) is 2.86. The van der Waals surface area contributed by atoms with E-state index in [9.17, 15) is 0 Å². The highest BCUT2D eigenvalue weighted by molar-refractivity contribution is 5.47. The van der Waals surface area contributed by atoms with Crippen LogP contribution in [0.25, 0.3) is 0 Å². The Labute approximate surface area is 115 Å². The molecular weight excluding hydrogens is 238 g/mol. The van der Waals surface area contributed by atoms with E-state index in [1.54, 1.807) is 7.11 Å². The van der Waals surface area contributed by atoms with Crippen molar-refractivity contribution in [2.45, 2.75) is 25.7 Å². The van der Waals surface area contributed by atoms with Crippen LogP contribution in [0.4, 0.5) is 0 Å². The Morgan fingerprint density at radius 3 is 2.89 bits per heavy atom. The summed E-state index contributed by atoms with van der Waals surface area (Å²) in [5.74, 6) is 2.45. The number of hydrogen-bond acceptors (Lipinski definition) is 3. The molecule has 0 aromatic heterocycles. The quantitative estimate of drug-likeness (QED) is 0.835. The summed E-state index contributed by atoms with van der Waals surface area (Å²) in [6.45, 7) is 4.53. The maximum absolute atomic E-state index is 5.95. The van der Waals surface area contributed by atoms with Gasteiger partial charge in [-0.05, 0) is 44.0 Å². The molecule has 1 aromatic carbocycles. The molecule has 1 atom stereocenters. The largest absolute Gasteiger partial charge is 0.493 e. The first kappa shape index (κ1) is 12.8. The molecule has 1 fully saturated rings. The first-order chi connectivity index (χ1) is 9.36. The van der Waals surface area contributed by atoms with Crippen molar-refractivity contribution in [3.63, 3.8) is 0 Å². The van der Waals surface area contributed by atoms with Gasteiger partial charge in [-0.1, -0.05) is 18.6 Å². The minimum absolute atomic E-state index is 0.623. The molecule has 0 radical (unpaired) electrons. The number of methoxy groups -OCH3 is 1. The second-order valence-electron chi connectivity index (χ2n) is 5.69. The summed E-state index contributed by atoms with van der Waals surface area (Å²) in [6, 6.07) is 6.20. The number of fused-ring (bicyclic) bond motifs is 1. The van der Waals surface area contributed by atoms with Crippen molar-refractivity contribution in [3.8, 4) is 11.5 Å². The fraction of sp³-hybridized carbons (Fsp3) is 0.625. The van der Waals surface area contributed by atoms with Crippen molar-refractivity contribution in [3.05, 3.63) is 23.8 Å². The SMILES string of the molecule is COc1cccc2c1OCC(CN1CCCCC1)C2. The van der Waals surface area contributed by atoms with Gasteiger partial charge in [0.15, 0.2) is 11.5 Å². The number of para-hydroxylation sites is 1. The minimum Gasteiger partial charge on any atom is -0.493 e. The van der Waals surface area contributed by atoms with E-state index in [2.05, 4.69) is 17.0 Å². The van der Waals surface area contributed by atoms with Gasteiger partial charge in [0.05, 0.1) is 13.7 Å². The molecule has 0 aliphatic carbocycles. The monoisotopic (exact) mass is 261 g/mol. The van der Waals surface area contributed by atoms with Gasteiger partial charge in [0, 0.05) is 12.5 Å². The van der Waals surface area contributed by atoms with E-state index in [1.165, 1.54) is 44.5 Å². The van der Waals surface area contributed by atoms with Crippen LogP contribution >= 0.6 is 0 Å². The van der Waals surface area contributed by atoms with Crippen molar-refractivity contribution >= 4 is 0 Å². The van der Waals surface area contributed by atoms with Gasteiger partial charge in [0.1, 0.15) is 0 Å². The van der Waals surface area contributed by atoms with Crippen LogP contribution in [-0.2, 0) is 6.42 Å². The Morgan fingerprint density at radius 2 is 2.11 bits per heavy atom. The third-order valence-corrected chi connectivity index (χ3v) is 4.22. The van der Waals surface area contributed by atoms with Gasteiger partial charge in [-0.25, -0.2) is 0 Å². The normalized spacial score (nSPS) is 23.5. The molecule has 19 heavy (non-hydrogen) atoms. The molecule has 3 heteroatoms. The molecule has 0 spiro atoms. The van der Waals surface area contributed by atoms with E-state index in [1.807, 2.05) is 6.07 Å². The second-order valence-corrected chi connectivity index (χ2v) is 5.69. The number of hydrogen-bond donors (Lipinski definition) is 0. The molecule has 2 heterocycles. The van der Waals surface area contributed by atoms with Crippen molar-refractivity contribution < 1.29 is 9.47 Å². The molecule has 1 aromatic rings. The molecule has 3 rings (SSSR count). The van der Waals surface area contributed by atoms with Gasteiger partial charge < -0.3 is 14.4 Å². The van der Waals surface area contributed by atoms with Crippen LogP contribution in [0.3, 0.4) is 0 Å². The standard InChI is InChI=1S/C16H23NO2/c1-18-15-7-5-6-14-10-13(12-19-16(14)15)11-17-8-3-2-4-9-17/h5-7,13H,2-4,8-12H2,1H3. The van der Waals surface area contributed by atoms with Crippen LogP contribution in [0.2, 0.25) is 0 Å². The summed E-state index contributed by atoms with van der Waals surface area (Å²) in [4.78, 5) is 2.60. The Hall–Kier alpha value is -1.22. The maximum atomic E-state index is 5.95. The molecule has 2 aliphatic rings. The lowest BCUT2D eigenvalue weighted by atomic mass is 9.95. The summed E-state index contributed by atoms with van der Waals surface area (Å²) in [5, 5.41) is 0. The maximum Gasteiger partial charge on any atom is 0.164 e. The van der Waals surface area contributed by atoms with Crippen molar-refractivity contribution in [1.29, 1.82) is 0 Å². The highest BCUT2D eigenvalue weighted by atomic mass is 16.5. The number of ether oxygens (including phenoxy) is 2. The number of rotatable bonds is 3. The zero-order valence-corrected chi connectivity index (χ0v) is 11.7. The number of likely N-dealkylation sites (tertiary alicyclic amines) is 1. The Morgan fingerprint density at radius 1 is 1.26 bits per heavy atom. The Kier molecular flexibility index (Phi) is 3.92. The first-order valence-electron chi connectivity index (χ1n) is 7.38. The molecule has 1 unspecified atom stereocenters. The summed E-state index contributed by atoms with van der Waals surface area (Å²) >= 11 is 0. The average molecular weight is 261 g/mol. The van der Waals surface area contributed by atoms with Crippen LogP contribution in [0, 0.1) is 5.92 Å². The lowest BCUT2D eigenvalue weighted by Gasteiger charge is -2.33. The zero-order valence-electron chi connectivity index (χ0n) is 11.7. The Balaban J connectivity index is 1.65. The summed E-state index contributed by atoms with van der Waals surface area (Å²) in [5.41, 5.74) is 1.30.